The highest BCUT2D eigenvalue weighted by Gasteiger charge is 2.19. The van der Waals surface area contributed by atoms with E-state index in [-0.39, 0.29) is 5.91 Å². The maximum Gasteiger partial charge on any atom is 0.269 e. The SMILES string of the molecule is CCCCc1ccc2c(N)c(C(=O)Nc3nc(-c4ccc(Cl)cc4)cs3)sc2n1. The zero-order valence-electron chi connectivity index (χ0n) is 15.7. The number of thiazole rings is 1. The van der Waals surface area contributed by atoms with E-state index in [1.807, 2.05) is 41.8 Å². The number of thiophene rings is 1. The molecule has 0 spiro atoms. The van der Waals surface area contributed by atoms with Gasteiger partial charge >= 0.3 is 0 Å². The Morgan fingerprint density at radius 3 is 2.72 bits per heavy atom. The second kappa shape index (κ2) is 8.49. The molecule has 3 aromatic heterocycles. The number of pyridine rings is 1. The number of anilines is 2. The number of halogens is 1. The molecule has 148 valence electrons. The van der Waals surface area contributed by atoms with Crippen LogP contribution in [-0.2, 0) is 6.42 Å². The molecule has 0 saturated heterocycles. The lowest BCUT2D eigenvalue weighted by Crippen LogP contribution is -2.11. The van der Waals surface area contributed by atoms with E-state index in [4.69, 9.17) is 17.3 Å². The second-order valence-electron chi connectivity index (χ2n) is 6.60. The second-order valence-corrected chi connectivity index (χ2v) is 8.90. The number of nitrogen functional groups attached to an aromatic ring is 1. The van der Waals surface area contributed by atoms with Gasteiger partial charge in [0.15, 0.2) is 5.13 Å². The molecule has 4 aromatic rings. The molecule has 0 saturated carbocycles. The van der Waals surface area contributed by atoms with Crippen molar-refractivity contribution in [2.24, 2.45) is 0 Å². The van der Waals surface area contributed by atoms with Crippen molar-refractivity contribution in [2.75, 3.05) is 11.1 Å². The Bertz CT molecular complexity index is 1170. The topological polar surface area (TPSA) is 80.9 Å². The zero-order chi connectivity index (χ0) is 20.4. The van der Waals surface area contributed by atoms with Crippen LogP contribution in [0.2, 0.25) is 5.02 Å². The number of aryl methyl sites for hydroxylation is 1. The summed E-state index contributed by atoms with van der Waals surface area (Å²) < 4.78 is 0. The Kier molecular flexibility index (Phi) is 5.80. The molecule has 0 aliphatic rings. The highest BCUT2D eigenvalue weighted by Crippen LogP contribution is 2.34. The maximum absolute atomic E-state index is 12.8. The smallest absolute Gasteiger partial charge is 0.269 e. The highest BCUT2D eigenvalue weighted by atomic mass is 35.5. The van der Waals surface area contributed by atoms with Gasteiger partial charge in [0.1, 0.15) is 9.71 Å². The number of rotatable bonds is 6. The number of aromatic nitrogens is 2. The molecule has 4 rings (SSSR count). The van der Waals surface area contributed by atoms with Crippen LogP contribution < -0.4 is 11.1 Å². The Balaban J connectivity index is 1.54. The highest BCUT2D eigenvalue weighted by molar-refractivity contribution is 7.21. The molecular weight excluding hydrogens is 424 g/mol. The van der Waals surface area contributed by atoms with E-state index < -0.39 is 0 Å². The van der Waals surface area contributed by atoms with Gasteiger partial charge in [-0.15, -0.1) is 22.7 Å². The van der Waals surface area contributed by atoms with E-state index in [0.717, 1.165) is 46.4 Å². The van der Waals surface area contributed by atoms with Gasteiger partial charge in [0, 0.05) is 27.0 Å². The summed E-state index contributed by atoms with van der Waals surface area (Å²) in [7, 11) is 0. The fourth-order valence-corrected chi connectivity index (χ4v) is 4.79. The molecule has 0 aliphatic heterocycles. The predicted octanol–water partition coefficient (Wildman–Crippen LogP) is 6.25. The van der Waals surface area contributed by atoms with E-state index in [0.29, 0.717) is 20.7 Å². The third-order valence-corrected chi connectivity index (χ3v) is 6.63. The van der Waals surface area contributed by atoms with Gasteiger partial charge in [0.25, 0.3) is 5.91 Å². The minimum atomic E-state index is -0.266. The molecule has 0 unspecified atom stereocenters. The summed E-state index contributed by atoms with van der Waals surface area (Å²) in [4.78, 5) is 23.2. The van der Waals surface area contributed by atoms with Gasteiger partial charge in [-0.25, -0.2) is 9.97 Å². The molecule has 0 atom stereocenters. The van der Waals surface area contributed by atoms with Crippen LogP contribution in [0.1, 0.15) is 35.1 Å². The number of nitrogens with one attached hydrogen (secondary N) is 1. The summed E-state index contributed by atoms with van der Waals surface area (Å²) in [5.74, 6) is -0.266. The van der Waals surface area contributed by atoms with Crippen LogP contribution in [-0.4, -0.2) is 15.9 Å². The van der Waals surface area contributed by atoms with Crippen molar-refractivity contribution < 1.29 is 4.79 Å². The minimum absolute atomic E-state index is 0.266. The van der Waals surface area contributed by atoms with E-state index in [9.17, 15) is 4.79 Å². The van der Waals surface area contributed by atoms with Gasteiger partial charge in [-0.2, -0.15) is 0 Å². The quantitative estimate of drug-likeness (QED) is 0.369. The third-order valence-electron chi connectivity index (χ3n) is 4.51. The number of nitrogens with zero attached hydrogens (tertiary/aromatic N) is 2. The standard InChI is InChI=1S/C21H19ClN4OS2/c1-2-3-4-14-9-10-15-17(23)18(29-20(15)24-14)19(27)26-21-25-16(11-28-21)12-5-7-13(22)8-6-12/h5-11H,2-4,23H2,1H3,(H,25,26,27). The van der Waals surface area contributed by atoms with Crippen molar-refractivity contribution >= 4 is 61.2 Å². The largest absolute Gasteiger partial charge is 0.397 e. The number of carbonyl (C=O) groups excluding carboxylic acids is 1. The van der Waals surface area contributed by atoms with Gasteiger partial charge in [0.2, 0.25) is 0 Å². The van der Waals surface area contributed by atoms with Crippen LogP contribution in [0.4, 0.5) is 10.8 Å². The first-order valence-corrected chi connectivity index (χ1v) is 11.3. The lowest BCUT2D eigenvalue weighted by molar-refractivity contribution is 0.103. The molecule has 3 N–H and O–H groups in total. The lowest BCUT2D eigenvalue weighted by Gasteiger charge is -2.00. The number of unbranched alkanes of at least 4 members (excludes halogenated alkanes) is 1. The number of benzene rings is 1. The number of amides is 1. The number of fused-ring (bicyclic) bond motifs is 1. The van der Waals surface area contributed by atoms with Gasteiger partial charge in [-0.3, -0.25) is 10.1 Å². The molecule has 1 amide bonds. The van der Waals surface area contributed by atoms with Crippen molar-refractivity contribution in [1.82, 2.24) is 9.97 Å². The monoisotopic (exact) mass is 442 g/mol. The van der Waals surface area contributed by atoms with Crippen LogP contribution in [0.5, 0.6) is 0 Å². The van der Waals surface area contributed by atoms with Crippen LogP contribution >= 0.6 is 34.3 Å². The van der Waals surface area contributed by atoms with Gasteiger partial charge in [-0.1, -0.05) is 37.1 Å². The predicted molar refractivity (Wildman–Crippen MR) is 123 cm³/mol. The van der Waals surface area contributed by atoms with Crippen molar-refractivity contribution in [3.8, 4) is 11.3 Å². The van der Waals surface area contributed by atoms with E-state index >= 15 is 0 Å². The van der Waals surface area contributed by atoms with Crippen LogP contribution in [0, 0.1) is 0 Å². The van der Waals surface area contributed by atoms with E-state index in [1.165, 1.54) is 22.7 Å². The van der Waals surface area contributed by atoms with Gasteiger partial charge < -0.3 is 5.73 Å². The first kappa shape index (κ1) is 19.8. The number of hydrogen-bond acceptors (Lipinski definition) is 6. The van der Waals surface area contributed by atoms with Crippen LogP contribution in [0.3, 0.4) is 0 Å². The molecular formula is C21H19ClN4OS2. The Labute approximate surface area is 181 Å². The van der Waals surface area contributed by atoms with Crippen LogP contribution in [0.25, 0.3) is 21.5 Å². The molecule has 0 fully saturated rings. The number of nitrogens with two attached hydrogens (primary N) is 1. The van der Waals surface area contributed by atoms with E-state index in [2.05, 4.69) is 22.2 Å². The minimum Gasteiger partial charge on any atom is -0.397 e. The third kappa shape index (κ3) is 4.27. The number of carbonyl (C=O) groups is 1. The summed E-state index contributed by atoms with van der Waals surface area (Å²) in [6.07, 6.45) is 3.14. The molecule has 29 heavy (non-hydrogen) atoms. The summed E-state index contributed by atoms with van der Waals surface area (Å²) in [5.41, 5.74) is 9.45. The zero-order valence-corrected chi connectivity index (χ0v) is 18.1. The van der Waals surface area contributed by atoms with Crippen molar-refractivity contribution in [2.45, 2.75) is 26.2 Å². The molecule has 8 heteroatoms. The number of hydrogen-bond donors (Lipinski definition) is 2. The first-order chi connectivity index (χ1) is 14.0. The maximum atomic E-state index is 12.8. The average Bonchev–Trinajstić information content (AvgIpc) is 3.31. The van der Waals surface area contributed by atoms with Crippen LogP contribution in [0.15, 0.2) is 41.8 Å². The molecule has 0 bridgehead atoms. The van der Waals surface area contributed by atoms with E-state index in [1.54, 1.807) is 0 Å². The Morgan fingerprint density at radius 1 is 1.17 bits per heavy atom. The molecule has 0 aliphatic carbocycles. The van der Waals surface area contributed by atoms with Crippen molar-refractivity contribution in [3.05, 3.63) is 57.4 Å². The van der Waals surface area contributed by atoms with Gasteiger partial charge in [-0.05, 0) is 37.1 Å². The Morgan fingerprint density at radius 2 is 1.97 bits per heavy atom. The summed E-state index contributed by atoms with van der Waals surface area (Å²) in [6, 6.07) is 11.4. The van der Waals surface area contributed by atoms with Crippen molar-refractivity contribution in [3.63, 3.8) is 0 Å². The summed E-state index contributed by atoms with van der Waals surface area (Å²) >= 11 is 8.62. The fraction of sp³-hybridized carbons (Fsp3) is 0.190. The first-order valence-electron chi connectivity index (χ1n) is 9.26. The van der Waals surface area contributed by atoms with Gasteiger partial charge in [0.05, 0.1) is 11.4 Å². The molecule has 0 radical (unpaired) electrons. The summed E-state index contributed by atoms with van der Waals surface area (Å²) in [6.45, 7) is 2.15. The normalized spacial score (nSPS) is 11.1. The molecule has 5 nitrogen and oxygen atoms in total. The average molecular weight is 443 g/mol. The molecule has 1 aromatic carbocycles. The fourth-order valence-electron chi connectivity index (χ4n) is 2.94. The Hall–Kier alpha value is -2.48. The van der Waals surface area contributed by atoms with Crippen molar-refractivity contribution in [1.29, 1.82) is 0 Å². The summed E-state index contributed by atoms with van der Waals surface area (Å²) in [5, 5.41) is 6.77. The lowest BCUT2D eigenvalue weighted by atomic mass is 10.1. The molecule has 3 heterocycles.